The van der Waals surface area contributed by atoms with E-state index in [1.165, 1.54) is 57.2 Å². The molecule has 0 aromatic carbocycles. The number of nitrogens with two attached hydrogens (primary N) is 1. The van der Waals surface area contributed by atoms with Crippen molar-refractivity contribution in [3.63, 3.8) is 0 Å². The van der Waals surface area contributed by atoms with Crippen molar-refractivity contribution < 1.29 is 9.53 Å². The highest BCUT2D eigenvalue weighted by Crippen LogP contribution is 2.41. The number of anilines is 2. The van der Waals surface area contributed by atoms with Crippen LogP contribution in [0.15, 0.2) is 0 Å². The van der Waals surface area contributed by atoms with Crippen molar-refractivity contribution in [2.24, 2.45) is 5.92 Å². The third-order valence-electron chi connectivity index (χ3n) is 4.59. The Labute approximate surface area is 123 Å². The minimum absolute atomic E-state index is 0.301. The van der Waals surface area contributed by atoms with E-state index in [1.54, 1.807) is 0 Å². The fraction of sp³-hybridized carbons (Fsp3) is 0.714. The Morgan fingerprint density at radius 3 is 2.90 bits per heavy atom. The Balaban J connectivity index is 1.93. The predicted octanol–water partition coefficient (Wildman–Crippen LogP) is 2.67. The number of esters is 1. The van der Waals surface area contributed by atoms with Gasteiger partial charge in [-0.2, -0.15) is 4.37 Å². The highest BCUT2D eigenvalue weighted by Gasteiger charge is 2.36. The van der Waals surface area contributed by atoms with Gasteiger partial charge >= 0.3 is 5.97 Å². The van der Waals surface area contributed by atoms with Crippen LogP contribution in [0.4, 0.5) is 10.8 Å². The van der Waals surface area contributed by atoms with Crippen molar-refractivity contribution in [3.05, 3.63) is 5.56 Å². The number of carbonyl (C=O) groups excluding carboxylic acids is 1. The molecule has 110 valence electrons. The van der Waals surface area contributed by atoms with E-state index in [1.807, 2.05) is 0 Å². The lowest BCUT2D eigenvalue weighted by Crippen LogP contribution is -2.47. The molecule has 1 saturated carbocycles. The van der Waals surface area contributed by atoms with Crippen LogP contribution in [0.3, 0.4) is 0 Å². The molecule has 1 aliphatic carbocycles. The van der Waals surface area contributed by atoms with Gasteiger partial charge in [-0.3, -0.25) is 0 Å². The average molecular weight is 295 g/mol. The summed E-state index contributed by atoms with van der Waals surface area (Å²) >= 11 is 1.33. The fourth-order valence-electron chi connectivity index (χ4n) is 3.66. The zero-order valence-corrected chi connectivity index (χ0v) is 12.6. The normalized spacial score (nSPS) is 26.1. The smallest absolute Gasteiger partial charge is 0.344 e. The molecule has 1 aromatic heterocycles. The quantitative estimate of drug-likeness (QED) is 0.850. The molecular weight excluding hydrogens is 274 g/mol. The van der Waals surface area contributed by atoms with Gasteiger partial charge < -0.3 is 15.4 Å². The van der Waals surface area contributed by atoms with Gasteiger partial charge in [-0.15, -0.1) is 0 Å². The highest BCUT2D eigenvalue weighted by molar-refractivity contribution is 7.11. The maximum absolute atomic E-state index is 12.0. The number of hydrogen-bond acceptors (Lipinski definition) is 6. The molecule has 1 aromatic rings. The summed E-state index contributed by atoms with van der Waals surface area (Å²) < 4.78 is 9.04. The maximum atomic E-state index is 12.0. The summed E-state index contributed by atoms with van der Waals surface area (Å²) in [5.74, 6) is 0.685. The summed E-state index contributed by atoms with van der Waals surface area (Å²) in [5, 5.41) is 0.908. The molecule has 20 heavy (non-hydrogen) atoms. The molecule has 1 aliphatic heterocycles. The zero-order chi connectivity index (χ0) is 14.1. The topological polar surface area (TPSA) is 68.5 Å². The number of carbonyl (C=O) groups is 1. The fourth-order valence-corrected chi connectivity index (χ4v) is 4.55. The van der Waals surface area contributed by atoms with E-state index >= 15 is 0 Å². The van der Waals surface area contributed by atoms with Crippen molar-refractivity contribution in [3.8, 4) is 0 Å². The number of nitrogens with zero attached hydrogens (tertiary/aromatic N) is 2. The first kappa shape index (κ1) is 13.7. The van der Waals surface area contributed by atoms with E-state index in [9.17, 15) is 4.79 Å². The van der Waals surface area contributed by atoms with Crippen LogP contribution in [0.5, 0.6) is 0 Å². The lowest BCUT2D eigenvalue weighted by atomic mass is 9.78. The summed E-state index contributed by atoms with van der Waals surface area (Å²) in [4.78, 5) is 14.3. The number of piperidine rings is 1. The third kappa shape index (κ3) is 2.26. The molecule has 2 atom stereocenters. The molecule has 2 aliphatic rings. The Morgan fingerprint density at radius 1 is 1.35 bits per heavy atom. The standard InChI is InChI=1S/C14H21N3O2S/c1-19-14(18)11-12(15)16-20-13(11)17-8-4-6-9-5-2-3-7-10(9)17/h9-10H,2-8H2,1H3,(H2,15,16)/t9-,10-/m1/s1. The van der Waals surface area contributed by atoms with E-state index in [2.05, 4.69) is 9.27 Å². The zero-order valence-electron chi connectivity index (χ0n) is 11.8. The van der Waals surface area contributed by atoms with E-state index in [0.29, 0.717) is 17.4 Å². The van der Waals surface area contributed by atoms with Gasteiger partial charge in [0, 0.05) is 12.6 Å². The second-order valence-electron chi connectivity index (χ2n) is 5.69. The van der Waals surface area contributed by atoms with Crippen LogP contribution in [0.2, 0.25) is 0 Å². The number of rotatable bonds is 2. The van der Waals surface area contributed by atoms with Crippen molar-refractivity contribution in [1.29, 1.82) is 0 Å². The first-order chi connectivity index (χ1) is 9.72. The minimum Gasteiger partial charge on any atom is -0.465 e. The summed E-state index contributed by atoms with van der Waals surface area (Å²) in [6.45, 7) is 0.993. The summed E-state index contributed by atoms with van der Waals surface area (Å²) in [6.07, 6.45) is 7.62. The number of aromatic nitrogens is 1. The summed E-state index contributed by atoms with van der Waals surface area (Å²) in [5.41, 5.74) is 6.33. The second kappa shape index (κ2) is 5.60. The summed E-state index contributed by atoms with van der Waals surface area (Å²) in [6, 6.07) is 0.542. The Bertz CT molecular complexity index is 501. The first-order valence-corrected chi connectivity index (χ1v) is 8.09. The molecule has 2 heterocycles. The largest absolute Gasteiger partial charge is 0.465 e. The van der Waals surface area contributed by atoms with Gasteiger partial charge in [-0.25, -0.2) is 4.79 Å². The van der Waals surface area contributed by atoms with Gasteiger partial charge in [0.25, 0.3) is 0 Å². The monoisotopic (exact) mass is 295 g/mol. The van der Waals surface area contributed by atoms with Gasteiger partial charge in [0.15, 0.2) is 5.82 Å². The molecule has 0 amide bonds. The predicted molar refractivity (Wildman–Crippen MR) is 80.2 cm³/mol. The van der Waals surface area contributed by atoms with Gasteiger partial charge in [0.1, 0.15) is 10.6 Å². The third-order valence-corrected chi connectivity index (χ3v) is 5.49. The van der Waals surface area contributed by atoms with Gasteiger partial charge in [0.2, 0.25) is 0 Å². The first-order valence-electron chi connectivity index (χ1n) is 7.32. The number of fused-ring (bicyclic) bond motifs is 1. The van der Waals surface area contributed by atoms with Crippen molar-refractivity contribution in [2.45, 2.75) is 44.6 Å². The van der Waals surface area contributed by atoms with Crippen LogP contribution in [0.25, 0.3) is 0 Å². The van der Waals surface area contributed by atoms with E-state index in [4.69, 9.17) is 10.5 Å². The Hall–Kier alpha value is -1.30. The lowest BCUT2D eigenvalue weighted by Gasteiger charge is -2.44. The van der Waals surface area contributed by atoms with Crippen LogP contribution in [0.1, 0.15) is 48.9 Å². The van der Waals surface area contributed by atoms with Crippen molar-refractivity contribution >= 4 is 28.3 Å². The van der Waals surface area contributed by atoms with Crippen LogP contribution in [-0.4, -0.2) is 30.0 Å². The SMILES string of the molecule is COC(=O)c1c(N)nsc1N1CCC[C@H]2CCCC[C@H]21. The van der Waals surface area contributed by atoms with Gasteiger partial charge in [-0.05, 0) is 43.1 Å². The van der Waals surface area contributed by atoms with Crippen molar-refractivity contribution in [1.82, 2.24) is 4.37 Å². The lowest BCUT2D eigenvalue weighted by molar-refractivity contribution is 0.0602. The van der Waals surface area contributed by atoms with Crippen LogP contribution < -0.4 is 10.6 Å². The number of ether oxygens (including phenoxy) is 1. The minimum atomic E-state index is -0.371. The highest BCUT2D eigenvalue weighted by atomic mass is 32.1. The van der Waals surface area contributed by atoms with Crippen LogP contribution in [-0.2, 0) is 4.74 Å². The molecule has 3 rings (SSSR count). The van der Waals surface area contributed by atoms with Crippen molar-refractivity contribution in [2.75, 3.05) is 24.3 Å². The molecule has 5 nitrogen and oxygen atoms in total. The molecule has 0 bridgehead atoms. The Kier molecular flexibility index (Phi) is 3.83. The molecule has 0 radical (unpaired) electrons. The molecule has 2 fully saturated rings. The number of methoxy groups -OCH3 is 1. The van der Waals surface area contributed by atoms with Gasteiger partial charge in [0.05, 0.1) is 7.11 Å². The molecule has 0 unspecified atom stereocenters. The summed E-state index contributed by atoms with van der Waals surface area (Å²) in [7, 11) is 1.39. The van der Waals surface area contributed by atoms with E-state index in [-0.39, 0.29) is 5.97 Å². The molecule has 1 saturated heterocycles. The van der Waals surface area contributed by atoms with E-state index in [0.717, 1.165) is 17.5 Å². The number of nitrogen functional groups attached to an aromatic ring is 1. The average Bonchev–Trinajstić information content (AvgIpc) is 2.87. The van der Waals surface area contributed by atoms with Gasteiger partial charge in [-0.1, -0.05) is 12.8 Å². The Morgan fingerprint density at radius 2 is 2.10 bits per heavy atom. The molecule has 0 spiro atoms. The number of hydrogen-bond donors (Lipinski definition) is 1. The van der Waals surface area contributed by atoms with Crippen LogP contribution in [0, 0.1) is 5.92 Å². The molecular formula is C14H21N3O2S. The second-order valence-corrected chi connectivity index (χ2v) is 6.44. The molecule has 2 N–H and O–H groups in total. The molecule has 6 heteroatoms. The van der Waals surface area contributed by atoms with E-state index < -0.39 is 0 Å². The van der Waals surface area contributed by atoms with Crippen LogP contribution >= 0.6 is 11.5 Å². The maximum Gasteiger partial charge on any atom is 0.344 e.